The molecular weight excluding hydrogens is 354 g/mol. The molecule has 2 aromatic carbocycles. The highest BCUT2D eigenvalue weighted by molar-refractivity contribution is 8.18. The summed E-state index contributed by atoms with van der Waals surface area (Å²) in [6.07, 6.45) is 1.60. The minimum atomic E-state index is -0.646. The molecule has 2 aromatic rings. The predicted molar refractivity (Wildman–Crippen MR) is 97.7 cm³/mol. The smallest absolute Gasteiger partial charge is 0.325 e. The number of benzene rings is 2. The van der Waals surface area contributed by atoms with Gasteiger partial charge in [-0.15, -0.1) is 0 Å². The van der Waals surface area contributed by atoms with Crippen LogP contribution in [-0.2, 0) is 14.3 Å². The first-order valence-corrected chi connectivity index (χ1v) is 8.53. The van der Waals surface area contributed by atoms with Crippen LogP contribution in [0.4, 0.5) is 4.79 Å². The molecule has 1 aliphatic heterocycles. The Morgan fingerprint density at radius 3 is 2.54 bits per heavy atom. The van der Waals surface area contributed by atoms with Crippen molar-refractivity contribution < 1.29 is 23.9 Å². The standard InChI is InChI=1S/C19H15NO5S/c1-24-17(21)12-20-18(22)16(26-19(20)23)11-13-6-5-9-15(10-13)25-14-7-3-2-4-8-14/h2-11H,12H2,1H3/b16-11+. The van der Waals surface area contributed by atoms with Gasteiger partial charge < -0.3 is 9.47 Å². The monoisotopic (exact) mass is 369 g/mol. The quantitative estimate of drug-likeness (QED) is 0.591. The zero-order valence-corrected chi connectivity index (χ0v) is 14.7. The van der Waals surface area contributed by atoms with Crippen molar-refractivity contribution in [3.8, 4) is 11.5 Å². The van der Waals surface area contributed by atoms with Crippen LogP contribution < -0.4 is 4.74 Å². The second kappa shape index (κ2) is 7.88. The molecule has 26 heavy (non-hydrogen) atoms. The van der Waals surface area contributed by atoms with Crippen LogP contribution in [0.2, 0.25) is 0 Å². The molecule has 132 valence electrons. The van der Waals surface area contributed by atoms with E-state index in [9.17, 15) is 14.4 Å². The van der Waals surface area contributed by atoms with Gasteiger partial charge in [0.2, 0.25) is 0 Å². The van der Waals surface area contributed by atoms with Crippen molar-refractivity contribution in [2.45, 2.75) is 0 Å². The zero-order valence-electron chi connectivity index (χ0n) is 13.9. The van der Waals surface area contributed by atoms with Gasteiger partial charge >= 0.3 is 5.97 Å². The van der Waals surface area contributed by atoms with Gasteiger partial charge in [0.05, 0.1) is 12.0 Å². The van der Waals surface area contributed by atoms with Crippen LogP contribution in [0.25, 0.3) is 6.08 Å². The number of amides is 2. The van der Waals surface area contributed by atoms with Crippen molar-refractivity contribution in [3.05, 3.63) is 65.1 Å². The summed E-state index contributed by atoms with van der Waals surface area (Å²) < 4.78 is 10.3. The number of hydrogen-bond acceptors (Lipinski definition) is 6. The minimum Gasteiger partial charge on any atom is -0.468 e. The number of methoxy groups -OCH3 is 1. The second-order valence-corrected chi connectivity index (χ2v) is 6.32. The maximum atomic E-state index is 12.3. The summed E-state index contributed by atoms with van der Waals surface area (Å²) in [4.78, 5) is 36.7. The van der Waals surface area contributed by atoms with E-state index < -0.39 is 23.7 Å². The summed E-state index contributed by atoms with van der Waals surface area (Å²) in [5, 5.41) is -0.497. The van der Waals surface area contributed by atoms with Crippen LogP contribution in [0.3, 0.4) is 0 Å². The SMILES string of the molecule is COC(=O)CN1C(=O)S/C(=C/c2cccc(Oc3ccccc3)c2)C1=O. The van der Waals surface area contributed by atoms with E-state index >= 15 is 0 Å². The van der Waals surface area contributed by atoms with Crippen LogP contribution in [0.15, 0.2) is 59.5 Å². The molecule has 0 aliphatic carbocycles. The number of esters is 1. The van der Waals surface area contributed by atoms with Crippen molar-refractivity contribution in [2.24, 2.45) is 0 Å². The van der Waals surface area contributed by atoms with E-state index in [-0.39, 0.29) is 4.91 Å². The zero-order chi connectivity index (χ0) is 18.5. The number of rotatable bonds is 5. The second-order valence-electron chi connectivity index (χ2n) is 5.33. The van der Waals surface area contributed by atoms with E-state index in [0.29, 0.717) is 17.1 Å². The average molecular weight is 369 g/mol. The number of hydrogen-bond donors (Lipinski definition) is 0. The maximum Gasteiger partial charge on any atom is 0.325 e. The molecule has 1 fully saturated rings. The summed E-state index contributed by atoms with van der Waals surface area (Å²) in [7, 11) is 1.20. The Morgan fingerprint density at radius 1 is 1.08 bits per heavy atom. The molecule has 0 unspecified atom stereocenters. The molecule has 0 spiro atoms. The highest BCUT2D eigenvalue weighted by Gasteiger charge is 2.36. The molecule has 0 radical (unpaired) electrons. The van der Waals surface area contributed by atoms with E-state index in [1.54, 1.807) is 30.3 Å². The van der Waals surface area contributed by atoms with Crippen LogP contribution in [0.5, 0.6) is 11.5 Å². The molecule has 3 rings (SSSR count). The van der Waals surface area contributed by atoms with Gasteiger partial charge in [0.25, 0.3) is 11.1 Å². The lowest BCUT2D eigenvalue weighted by atomic mass is 10.2. The fourth-order valence-corrected chi connectivity index (χ4v) is 3.11. The molecule has 0 saturated carbocycles. The fourth-order valence-electron chi connectivity index (χ4n) is 2.27. The van der Waals surface area contributed by atoms with Gasteiger partial charge in [0, 0.05) is 0 Å². The van der Waals surface area contributed by atoms with Crippen molar-refractivity contribution in [2.75, 3.05) is 13.7 Å². The Kier molecular flexibility index (Phi) is 5.38. The number of carbonyl (C=O) groups is 3. The first kappa shape index (κ1) is 17.8. The van der Waals surface area contributed by atoms with Gasteiger partial charge in [0.15, 0.2) is 0 Å². The lowest BCUT2D eigenvalue weighted by Crippen LogP contribution is -2.34. The third-order valence-electron chi connectivity index (χ3n) is 3.52. The summed E-state index contributed by atoms with van der Waals surface area (Å²) in [6.45, 7) is -0.393. The Morgan fingerprint density at radius 2 is 1.81 bits per heavy atom. The van der Waals surface area contributed by atoms with Crippen molar-refractivity contribution in [3.63, 3.8) is 0 Å². The van der Waals surface area contributed by atoms with Crippen LogP contribution in [0.1, 0.15) is 5.56 Å². The van der Waals surface area contributed by atoms with Crippen molar-refractivity contribution in [1.82, 2.24) is 4.90 Å². The van der Waals surface area contributed by atoms with E-state index in [0.717, 1.165) is 16.7 Å². The number of ether oxygens (including phenoxy) is 2. The molecule has 0 bridgehead atoms. The lowest BCUT2D eigenvalue weighted by Gasteiger charge is -2.09. The molecule has 1 saturated heterocycles. The van der Waals surface area contributed by atoms with Gasteiger partial charge in [-0.2, -0.15) is 0 Å². The number of para-hydroxylation sites is 1. The largest absolute Gasteiger partial charge is 0.468 e. The van der Waals surface area contributed by atoms with Crippen LogP contribution in [-0.4, -0.2) is 35.7 Å². The molecule has 0 atom stereocenters. The first-order chi connectivity index (χ1) is 12.6. The summed E-state index contributed by atoms with van der Waals surface area (Å²) in [6, 6.07) is 16.5. The Labute approximate surface area is 154 Å². The van der Waals surface area contributed by atoms with Crippen LogP contribution in [0, 0.1) is 0 Å². The molecule has 0 N–H and O–H groups in total. The van der Waals surface area contributed by atoms with Crippen LogP contribution >= 0.6 is 11.8 Å². The summed E-state index contributed by atoms with van der Waals surface area (Å²) in [5.41, 5.74) is 0.710. The average Bonchev–Trinajstić information content (AvgIpc) is 2.90. The highest BCUT2D eigenvalue weighted by Crippen LogP contribution is 2.32. The maximum absolute atomic E-state index is 12.3. The van der Waals surface area contributed by atoms with E-state index in [1.807, 2.05) is 30.3 Å². The van der Waals surface area contributed by atoms with Gasteiger partial charge in [-0.3, -0.25) is 19.3 Å². The van der Waals surface area contributed by atoms with Crippen molar-refractivity contribution >= 4 is 35.0 Å². The highest BCUT2D eigenvalue weighted by atomic mass is 32.2. The Balaban J connectivity index is 1.77. The number of thioether (sulfide) groups is 1. The first-order valence-electron chi connectivity index (χ1n) is 7.72. The molecule has 0 aromatic heterocycles. The molecule has 1 heterocycles. The fraction of sp³-hybridized carbons (Fsp3) is 0.105. The topological polar surface area (TPSA) is 72.9 Å². The molecule has 2 amide bonds. The molecule has 7 heteroatoms. The molecular formula is C19H15NO5S. The van der Waals surface area contributed by atoms with Crippen molar-refractivity contribution in [1.29, 1.82) is 0 Å². The molecule has 6 nitrogen and oxygen atoms in total. The minimum absolute atomic E-state index is 0.246. The van der Waals surface area contributed by atoms with Gasteiger partial charge in [-0.05, 0) is 47.7 Å². The predicted octanol–water partition coefficient (Wildman–Crippen LogP) is 3.69. The third kappa shape index (κ3) is 4.12. The van der Waals surface area contributed by atoms with Gasteiger partial charge in [0.1, 0.15) is 18.0 Å². The Hall–Kier alpha value is -3.06. The van der Waals surface area contributed by atoms with E-state index in [4.69, 9.17) is 4.74 Å². The third-order valence-corrected chi connectivity index (χ3v) is 4.43. The number of imide groups is 1. The Bertz CT molecular complexity index is 879. The lowest BCUT2D eigenvalue weighted by molar-refractivity contribution is -0.143. The van der Waals surface area contributed by atoms with Gasteiger partial charge in [-0.25, -0.2) is 0 Å². The molecule has 1 aliphatic rings. The normalized spacial score (nSPS) is 15.4. The summed E-state index contributed by atoms with van der Waals surface area (Å²) >= 11 is 0.789. The number of carbonyl (C=O) groups excluding carboxylic acids is 3. The number of nitrogens with zero attached hydrogens (tertiary/aromatic N) is 1. The van der Waals surface area contributed by atoms with E-state index in [2.05, 4.69) is 4.74 Å². The summed E-state index contributed by atoms with van der Waals surface area (Å²) in [5.74, 6) is 0.147. The van der Waals surface area contributed by atoms with E-state index in [1.165, 1.54) is 7.11 Å². The van der Waals surface area contributed by atoms with Gasteiger partial charge in [-0.1, -0.05) is 30.3 Å².